The van der Waals surface area contributed by atoms with Gasteiger partial charge in [-0.05, 0) is 12.8 Å². The smallest absolute Gasteiger partial charge is 0.314 e. The van der Waals surface area contributed by atoms with Crippen LogP contribution in [0.15, 0.2) is 0 Å². The summed E-state index contributed by atoms with van der Waals surface area (Å²) in [5.41, 5.74) is -0.329. The number of carbonyl (C=O) groups excluding carboxylic acids is 1. The zero-order valence-electron chi connectivity index (χ0n) is 9.17. The van der Waals surface area contributed by atoms with Crippen molar-refractivity contribution in [1.29, 1.82) is 0 Å². The molecule has 1 saturated heterocycles. The first-order valence-electron chi connectivity index (χ1n) is 5.41. The van der Waals surface area contributed by atoms with Gasteiger partial charge in [0.05, 0.1) is 18.6 Å². The molecular formula is C11H20O3. The number of unbranched alkanes of at least 4 members (excludes halogenated alkanes) is 2. The summed E-state index contributed by atoms with van der Waals surface area (Å²) in [5.74, 6) is -0.0598. The Kier molecular flexibility index (Phi) is 4.39. The lowest BCUT2D eigenvalue weighted by atomic mass is 9.82. The van der Waals surface area contributed by atoms with Gasteiger partial charge in [0.25, 0.3) is 0 Å². The summed E-state index contributed by atoms with van der Waals surface area (Å²) in [6, 6.07) is 0. The summed E-state index contributed by atoms with van der Waals surface area (Å²) < 4.78 is 10.2. The van der Waals surface area contributed by atoms with E-state index in [-0.39, 0.29) is 11.4 Å². The molecule has 0 aromatic heterocycles. The van der Waals surface area contributed by atoms with E-state index in [0.717, 1.165) is 19.3 Å². The second-order valence-corrected chi connectivity index (χ2v) is 4.06. The van der Waals surface area contributed by atoms with Crippen molar-refractivity contribution in [2.45, 2.75) is 39.0 Å². The number of methoxy groups -OCH3 is 1. The van der Waals surface area contributed by atoms with Gasteiger partial charge in [-0.15, -0.1) is 0 Å². The number of carbonyl (C=O) groups is 1. The van der Waals surface area contributed by atoms with Crippen molar-refractivity contribution in [3.05, 3.63) is 0 Å². The highest BCUT2D eigenvalue weighted by atomic mass is 16.5. The normalized spacial score (nSPS) is 26.6. The average Bonchev–Trinajstić information content (AvgIpc) is 2.50. The fourth-order valence-corrected chi connectivity index (χ4v) is 2.01. The van der Waals surface area contributed by atoms with Crippen LogP contribution in [0.1, 0.15) is 39.0 Å². The van der Waals surface area contributed by atoms with Crippen LogP contribution in [0.4, 0.5) is 0 Å². The average molecular weight is 200 g/mol. The predicted molar refractivity (Wildman–Crippen MR) is 54.0 cm³/mol. The topological polar surface area (TPSA) is 35.5 Å². The fraction of sp³-hybridized carbons (Fsp3) is 0.909. The highest BCUT2D eigenvalue weighted by molar-refractivity contribution is 5.78. The van der Waals surface area contributed by atoms with E-state index in [1.165, 1.54) is 12.8 Å². The lowest BCUT2D eigenvalue weighted by molar-refractivity contribution is -0.149. The lowest BCUT2D eigenvalue weighted by Gasteiger charge is -2.23. The first kappa shape index (κ1) is 11.5. The molecule has 0 N–H and O–H groups in total. The maximum atomic E-state index is 11.6. The molecule has 0 radical (unpaired) electrons. The molecule has 1 fully saturated rings. The summed E-state index contributed by atoms with van der Waals surface area (Å²) >= 11 is 0. The van der Waals surface area contributed by atoms with Crippen LogP contribution in [-0.4, -0.2) is 26.3 Å². The van der Waals surface area contributed by atoms with Gasteiger partial charge in [0.1, 0.15) is 0 Å². The van der Waals surface area contributed by atoms with Gasteiger partial charge < -0.3 is 9.47 Å². The van der Waals surface area contributed by atoms with Crippen molar-refractivity contribution >= 4 is 5.97 Å². The SMILES string of the molecule is CCCCCC1(COC)CCOC1=O. The van der Waals surface area contributed by atoms with Gasteiger partial charge in [0.15, 0.2) is 0 Å². The van der Waals surface area contributed by atoms with E-state index in [1.54, 1.807) is 7.11 Å². The number of esters is 1. The summed E-state index contributed by atoms with van der Waals surface area (Å²) in [5, 5.41) is 0. The monoisotopic (exact) mass is 200 g/mol. The third-order valence-corrected chi connectivity index (χ3v) is 2.93. The van der Waals surface area contributed by atoms with Crippen LogP contribution in [0.2, 0.25) is 0 Å². The van der Waals surface area contributed by atoms with E-state index in [9.17, 15) is 4.79 Å². The minimum Gasteiger partial charge on any atom is -0.465 e. The Labute approximate surface area is 85.8 Å². The maximum absolute atomic E-state index is 11.6. The van der Waals surface area contributed by atoms with Crippen LogP contribution < -0.4 is 0 Å². The van der Waals surface area contributed by atoms with E-state index in [2.05, 4.69) is 6.92 Å². The molecule has 3 nitrogen and oxygen atoms in total. The van der Waals surface area contributed by atoms with Gasteiger partial charge in [-0.3, -0.25) is 4.79 Å². The molecule has 1 aliphatic heterocycles. The molecule has 14 heavy (non-hydrogen) atoms. The number of cyclic esters (lactones) is 1. The molecule has 0 aliphatic carbocycles. The molecule has 0 spiro atoms. The molecule has 3 heteroatoms. The molecule has 1 aliphatic rings. The first-order valence-corrected chi connectivity index (χ1v) is 5.41. The molecule has 1 heterocycles. The summed E-state index contributed by atoms with van der Waals surface area (Å²) in [6.07, 6.45) is 5.18. The first-order chi connectivity index (χ1) is 6.75. The largest absolute Gasteiger partial charge is 0.465 e. The van der Waals surface area contributed by atoms with Crippen molar-refractivity contribution in [3.63, 3.8) is 0 Å². The van der Waals surface area contributed by atoms with Crippen molar-refractivity contribution in [3.8, 4) is 0 Å². The molecule has 1 rings (SSSR count). The highest BCUT2D eigenvalue weighted by Crippen LogP contribution is 2.35. The van der Waals surface area contributed by atoms with E-state index in [0.29, 0.717) is 13.2 Å². The number of hydrogen-bond donors (Lipinski definition) is 0. The van der Waals surface area contributed by atoms with Crippen molar-refractivity contribution in [2.75, 3.05) is 20.3 Å². The molecule has 0 amide bonds. The van der Waals surface area contributed by atoms with Crippen LogP contribution in [0.5, 0.6) is 0 Å². The van der Waals surface area contributed by atoms with Gasteiger partial charge >= 0.3 is 5.97 Å². The van der Waals surface area contributed by atoms with E-state index >= 15 is 0 Å². The number of rotatable bonds is 6. The Hall–Kier alpha value is -0.570. The summed E-state index contributed by atoms with van der Waals surface area (Å²) in [4.78, 5) is 11.6. The molecule has 82 valence electrons. The Morgan fingerprint density at radius 2 is 2.29 bits per heavy atom. The van der Waals surface area contributed by atoms with Gasteiger partial charge in [0, 0.05) is 7.11 Å². The Morgan fingerprint density at radius 1 is 1.50 bits per heavy atom. The van der Waals surface area contributed by atoms with Crippen LogP contribution in [0.3, 0.4) is 0 Å². The van der Waals surface area contributed by atoms with Crippen LogP contribution in [0.25, 0.3) is 0 Å². The van der Waals surface area contributed by atoms with Crippen molar-refractivity contribution in [2.24, 2.45) is 5.41 Å². The minimum absolute atomic E-state index is 0.0598. The third kappa shape index (κ3) is 2.47. The molecule has 1 unspecified atom stereocenters. The minimum atomic E-state index is -0.329. The number of ether oxygens (including phenoxy) is 2. The van der Waals surface area contributed by atoms with Crippen molar-refractivity contribution < 1.29 is 14.3 Å². The second-order valence-electron chi connectivity index (χ2n) is 4.06. The Bertz CT molecular complexity index is 191. The van der Waals surface area contributed by atoms with Gasteiger partial charge in [0.2, 0.25) is 0 Å². The molecule has 0 aromatic rings. The predicted octanol–water partition coefficient (Wildman–Crippen LogP) is 2.15. The molecule has 0 aromatic carbocycles. The van der Waals surface area contributed by atoms with Crippen molar-refractivity contribution in [1.82, 2.24) is 0 Å². The van der Waals surface area contributed by atoms with E-state index < -0.39 is 0 Å². The van der Waals surface area contributed by atoms with Crippen LogP contribution in [-0.2, 0) is 14.3 Å². The molecule has 0 saturated carbocycles. The van der Waals surface area contributed by atoms with E-state index in [1.807, 2.05) is 0 Å². The second kappa shape index (κ2) is 5.35. The standard InChI is InChI=1S/C11H20O3/c1-3-4-5-6-11(9-13-2)7-8-14-10(11)12/h3-9H2,1-2H3. The highest BCUT2D eigenvalue weighted by Gasteiger charge is 2.43. The van der Waals surface area contributed by atoms with E-state index in [4.69, 9.17) is 9.47 Å². The quantitative estimate of drug-likeness (QED) is 0.487. The van der Waals surface area contributed by atoms with Gasteiger partial charge in [-0.2, -0.15) is 0 Å². The maximum Gasteiger partial charge on any atom is 0.314 e. The lowest BCUT2D eigenvalue weighted by Crippen LogP contribution is -2.31. The van der Waals surface area contributed by atoms with Gasteiger partial charge in [-0.25, -0.2) is 0 Å². The molecule has 1 atom stereocenters. The number of hydrogen-bond acceptors (Lipinski definition) is 3. The van der Waals surface area contributed by atoms with Crippen LogP contribution >= 0.6 is 0 Å². The molecular weight excluding hydrogens is 180 g/mol. The van der Waals surface area contributed by atoms with Gasteiger partial charge in [-0.1, -0.05) is 26.2 Å². The fourth-order valence-electron chi connectivity index (χ4n) is 2.01. The zero-order valence-corrected chi connectivity index (χ0v) is 9.17. The zero-order chi connectivity index (χ0) is 10.4. The molecule has 0 bridgehead atoms. The summed E-state index contributed by atoms with van der Waals surface area (Å²) in [7, 11) is 1.65. The summed E-state index contributed by atoms with van der Waals surface area (Å²) in [6.45, 7) is 3.24. The van der Waals surface area contributed by atoms with Crippen LogP contribution in [0, 0.1) is 5.41 Å². The third-order valence-electron chi connectivity index (χ3n) is 2.93. The Balaban J connectivity index is 2.48. The Morgan fingerprint density at radius 3 is 2.79 bits per heavy atom.